The molecule has 180 valence electrons. The Balaban J connectivity index is 1.78. The van der Waals surface area contributed by atoms with Gasteiger partial charge in [-0.05, 0) is 37.3 Å². The van der Waals surface area contributed by atoms with E-state index in [2.05, 4.69) is 0 Å². The summed E-state index contributed by atoms with van der Waals surface area (Å²) in [6.07, 6.45) is 3.18. The first kappa shape index (κ1) is 24.7. The van der Waals surface area contributed by atoms with Crippen molar-refractivity contribution in [3.8, 4) is 0 Å². The Hall–Kier alpha value is -2.45. The van der Waals surface area contributed by atoms with E-state index in [-0.39, 0.29) is 23.0 Å². The largest absolute Gasteiger partial charge is 0.338 e. The molecule has 1 aliphatic rings. The van der Waals surface area contributed by atoms with Crippen LogP contribution in [0, 0.1) is 12.3 Å². The van der Waals surface area contributed by atoms with E-state index in [0.29, 0.717) is 32.4 Å². The van der Waals surface area contributed by atoms with Crippen molar-refractivity contribution in [2.24, 2.45) is 5.41 Å². The normalized spacial score (nSPS) is 14.5. The van der Waals surface area contributed by atoms with Crippen LogP contribution in [0.3, 0.4) is 0 Å². The maximum absolute atomic E-state index is 13.7. The lowest BCUT2D eigenvalue weighted by Gasteiger charge is -2.26. The lowest BCUT2D eigenvalue weighted by molar-refractivity contribution is -0.123. The van der Waals surface area contributed by atoms with Crippen molar-refractivity contribution in [2.75, 3.05) is 18.8 Å². The minimum absolute atomic E-state index is 0.00803. The summed E-state index contributed by atoms with van der Waals surface area (Å²) in [5, 5.41) is 1.02. The van der Waals surface area contributed by atoms with Crippen molar-refractivity contribution < 1.29 is 9.59 Å². The average Bonchev–Trinajstić information content (AvgIpc) is 3.15. The Morgan fingerprint density at radius 1 is 1.09 bits per heavy atom. The molecule has 1 aliphatic heterocycles. The molecule has 0 radical (unpaired) electrons. The van der Waals surface area contributed by atoms with E-state index >= 15 is 0 Å². The van der Waals surface area contributed by atoms with Crippen LogP contribution in [0.2, 0.25) is 0 Å². The molecule has 0 bridgehead atoms. The van der Waals surface area contributed by atoms with E-state index in [4.69, 9.17) is 4.98 Å². The second-order valence-corrected chi connectivity index (χ2v) is 11.8. The number of likely N-dealkylation sites (tertiary alicyclic amines) is 1. The zero-order valence-electron chi connectivity index (χ0n) is 20.2. The fraction of sp³-hybridized carbons (Fsp3) is 0.462. The number of aryl methyl sites for hydroxylation is 1. The number of aromatic nitrogens is 2. The summed E-state index contributed by atoms with van der Waals surface area (Å²) in [6.45, 7) is 9.41. The van der Waals surface area contributed by atoms with E-state index in [9.17, 15) is 14.4 Å². The summed E-state index contributed by atoms with van der Waals surface area (Å²) in [4.78, 5) is 47.4. The number of nitrogens with zero attached hydrogens (tertiary/aromatic N) is 3. The number of carbonyl (C=O) groups excluding carboxylic acids is 2. The highest BCUT2D eigenvalue weighted by Crippen LogP contribution is 2.31. The molecule has 0 saturated carbocycles. The quantitative estimate of drug-likeness (QED) is 0.348. The second kappa shape index (κ2) is 10.0. The molecule has 1 saturated heterocycles. The maximum Gasteiger partial charge on any atom is 0.264 e. The van der Waals surface area contributed by atoms with Crippen molar-refractivity contribution in [3.05, 3.63) is 56.7 Å². The minimum Gasteiger partial charge on any atom is -0.338 e. The highest BCUT2D eigenvalue weighted by molar-refractivity contribution is 7.99. The third kappa shape index (κ3) is 5.13. The molecule has 4 rings (SSSR count). The molecule has 1 amide bonds. The number of carbonyl (C=O) groups is 2. The van der Waals surface area contributed by atoms with Gasteiger partial charge >= 0.3 is 0 Å². The average molecular weight is 498 g/mol. The number of hydrogen-bond acceptors (Lipinski definition) is 6. The van der Waals surface area contributed by atoms with Gasteiger partial charge in [0.2, 0.25) is 0 Å². The number of hydrogen-bond donors (Lipinski definition) is 0. The van der Waals surface area contributed by atoms with Gasteiger partial charge in [-0.25, -0.2) is 4.98 Å². The van der Waals surface area contributed by atoms with Crippen LogP contribution in [-0.4, -0.2) is 45.0 Å². The molecule has 34 heavy (non-hydrogen) atoms. The highest BCUT2D eigenvalue weighted by Gasteiger charge is 2.27. The van der Waals surface area contributed by atoms with Gasteiger partial charge in [0.1, 0.15) is 10.6 Å². The van der Waals surface area contributed by atoms with Crippen LogP contribution in [0.4, 0.5) is 0 Å². The standard InChI is InChI=1S/C26H31N3O3S2/c1-17-20-22(34-21(17)24(32)28-13-9-6-10-14-28)27-25(33-16-19(30)26(2,3)4)29(23(20)31)15-18-11-7-5-8-12-18/h5,7-8,11-12H,6,9-10,13-16H2,1-4H3. The molecule has 1 fully saturated rings. The number of thiophene rings is 1. The Bertz CT molecular complexity index is 1270. The van der Waals surface area contributed by atoms with Crippen LogP contribution in [0.15, 0.2) is 40.3 Å². The predicted molar refractivity (Wildman–Crippen MR) is 139 cm³/mol. The molecular formula is C26H31N3O3S2. The lowest BCUT2D eigenvalue weighted by atomic mass is 9.92. The van der Waals surface area contributed by atoms with Gasteiger partial charge < -0.3 is 4.90 Å². The van der Waals surface area contributed by atoms with Crippen LogP contribution in [0.25, 0.3) is 10.2 Å². The SMILES string of the molecule is Cc1c(C(=O)N2CCCCC2)sc2nc(SCC(=O)C(C)(C)C)n(Cc3ccccc3)c(=O)c12. The first-order chi connectivity index (χ1) is 16.2. The minimum atomic E-state index is -0.463. The molecule has 0 aliphatic carbocycles. The molecule has 1 aromatic carbocycles. The van der Waals surface area contributed by atoms with Gasteiger partial charge in [-0.15, -0.1) is 11.3 Å². The summed E-state index contributed by atoms with van der Waals surface area (Å²) in [7, 11) is 0. The zero-order valence-corrected chi connectivity index (χ0v) is 21.9. The number of rotatable bonds is 6. The van der Waals surface area contributed by atoms with Crippen LogP contribution >= 0.6 is 23.1 Å². The van der Waals surface area contributed by atoms with E-state index < -0.39 is 5.41 Å². The lowest BCUT2D eigenvalue weighted by Crippen LogP contribution is -2.35. The molecule has 3 heterocycles. The Morgan fingerprint density at radius 3 is 2.41 bits per heavy atom. The van der Waals surface area contributed by atoms with Crippen LogP contribution in [0.1, 0.15) is 60.8 Å². The highest BCUT2D eigenvalue weighted by atomic mass is 32.2. The van der Waals surface area contributed by atoms with Gasteiger partial charge in [-0.1, -0.05) is 62.9 Å². The topological polar surface area (TPSA) is 72.3 Å². The van der Waals surface area contributed by atoms with Crippen LogP contribution in [-0.2, 0) is 11.3 Å². The van der Waals surface area contributed by atoms with Crippen molar-refractivity contribution in [1.29, 1.82) is 0 Å². The number of thioether (sulfide) groups is 1. The third-order valence-electron chi connectivity index (χ3n) is 6.21. The monoisotopic (exact) mass is 497 g/mol. The number of Topliss-reactive ketones (excluding diaryl/α,β-unsaturated/α-hetero) is 1. The molecule has 0 atom stereocenters. The van der Waals surface area contributed by atoms with Gasteiger partial charge in [0.05, 0.1) is 22.6 Å². The number of fused-ring (bicyclic) bond motifs is 1. The van der Waals surface area contributed by atoms with E-state index in [0.717, 1.165) is 37.9 Å². The molecule has 0 N–H and O–H groups in total. The number of benzene rings is 1. The van der Waals surface area contributed by atoms with Gasteiger partial charge in [0, 0.05) is 18.5 Å². The molecule has 8 heteroatoms. The third-order valence-corrected chi connectivity index (χ3v) is 8.36. The molecule has 6 nitrogen and oxygen atoms in total. The van der Waals surface area contributed by atoms with Crippen LogP contribution < -0.4 is 5.56 Å². The maximum atomic E-state index is 13.7. The van der Waals surface area contributed by atoms with E-state index in [1.165, 1.54) is 23.1 Å². The van der Waals surface area contributed by atoms with Gasteiger partial charge in [0.25, 0.3) is 11.5 Å². The van der Waals surface area contributed by atoms with Crippen LogP contribution in [0.5, 0.6) is 0 Å². The molecule has 3 aromatic rings. The summed E-state index contributed by atoms with van der Waals surface area (Å²) in [6, 6.07) is 9.75. The summed E-state index contributed by atoms with van der Waals surface area (Å²) in [5.74, 6) is 0.327. The van der Waals surface area contributed by atoms with Crippen molar-refractivity contribution in [1.82, 2.24) is 14.5 Å². The van der Waals surface area contributed by atoms with Gasteiger partial charge in [-0.2, -0.15) is 0 Å². The van der Waals surface area contributed by atoms with E-state index in [1.54, 1.807) is 4.57 Å². The Kier molecular flexibility index (Phi) is 7.28. The zero-order chi connectivity index (χ0) is 24.5. The number of piperidine rings is 1. The fourth-order valence-electron chi connectivity index (χ4n) is 4.00. The summed E-state index contributed by atoms with van der Waals surface area (Å²) in [5.41, 5.74) is 1.06. The van der Waals surface area contributed by atoms with Crippen molar-refractivity contribution in [3.63, 3.8) is 0 Å². The molecule has 0 spiro atoms. The van der Waals surface area contributed by atoms with Gasteiger partial charge in [0.15, 0.2) is 5.16 Å². The second-order valence-electron chi connectivity index (χ2n) is 9.82. The van der Waals surface area contributed by atoms with Crippen molar-refractivity contribution >= 4 is 45.0 Å². The fourth-order valence-corrected chi connectivity index (χ4v) is 6.35. The predicted octanol–water partition coefficient (Wildman–Crippen LogP) is 5.15. The first-order valence-corrected chi connectivity index (χ1v) is 13.5. The summed E-state index contributed by atoms with van der Waals surface area (Å²) >= 11 is 2.59. The number of amides is 1. The summed E-state index contributed by atoms with van der Waals surface area (Å²) < 4.78 is 1.65. The van der Waals surface area contributed by atoms with Gasteiger partial charge in [-0.3, -0.25) is 19.0 Å². The Labute approximate surface area is 208 Å². The molecular weight excluding hydrogens is 466 g/mol. The first-order valence-electron chi connectivity index (χ1n) is 11.7. The number of ketones is 1. The Morgan fingerprint density at radius 2 is 1.76 bits per heavy atom. The van der Waals surface area contributed by atoms with Crippen molar-refractivity contribution in [2.45, 2.75) is 58.7 Å². The smallest absolute Gasteiger partial charge is 0.264 e. The van der Waals surface area contributed by atoms with E-state index in [1.807, 2.05) is 62.9 Å². The molecule has 2 aromatic heterocycles. The molecule has 0 unspecified atom stereocenters.